The molecule has 0 saturated carbocycles. The number of nitrogen functional groups attached to an aromatic ring is 1. The minimum absolute atomic E-state index is 0.0336. The number of ether oxygens (including phenoxy) is 2. The van der Waals surface area contributed by atoms with Crippen LogP contribution in [-0.4, -0.2) is 22.7 Å². The van der Waals surface area contributed by atoms with Gasteiger partial charge < -0.3 is 15.2 Å². The number of nitrogens with two attached hydrogens (primary N) is 1. The second-order valence-electron chi connectivity index (χ2n) is 2.17. The van der Waals surface area contributed by atoms with Gasteiger partial charge in [0.2, 0.25) is 11.8 Å². The molecule has 0 unspecified atom stereocenters. The van der Waals surface area contributed by atoms with E-state index >= 15 is 0 Å². The lowest BCUT2D eigenvalue weighted by Gasteiger charge is -2.04. The van der Waals surface area contributed by atoms with Crippen molar-refractivity contribution < 1.29 is 14.3 Å². The minimum Gasteiger partial charge on any atom is -0.434 e. The third-order valence-electron chi connectivity index (χ3n) is 1.17. The van der Waals surface area contributed by atoms with Crippen molar-refractivity contribution in [2.45, 2.75) is 6.92 Å². The van der Waals surface area contributed by atoms with Gasteiger partial charge in [-0.25, -0.2) is 9.78 Å². The van der Waals surface area contributed by atoms with Crippen molar-refractivity contribution in [1.29, 1.82) is 0 Å². The minimum atomic E-state index is -0.882. The van der Waals surface area contributed by atoms with E-state index in [0.717, 1.165) is 0 Å². The molecule has 7 heteroatoms. The highest BCUT2D eigenvalue weighted by molar-refractivity contribution is 6.31. The lowest BCUT2D eigenvalue weighted by atomic mass is 10.6. The van der Waals surface area contributed by atoms with E-state index in [0.29, 0.717) is 0 Å². The third kappa shape index (κ3) is 2.74. The molecule has 14 heavy (non-hydrogen) atoms. The van der Waals surface area contributed by atoms with Crippen LogP contribution in [0.15, 0.2) is 6.20 Å². The average Bonchev–Trinajstić information content (AvgIpc) is 2.12. The van der Waals surface area contributed by atoms with Crippen molar-refractivity contribution in [1.82, 2.24) is 9.97 Å². The molecule has 6 nitrogen and oxygen atoms in total. The standard InChI is InChI=1S/C7H8ClN3O3/c1-2-13-7(12)14-5-4(8)3-10-6(9)11-5/h3H,2H2,1H3,(H2,9,10,11). The molecule has 1 aromatic heterocycles. The zero-order chi connectivity index (χ0) is 10.6. The van der Waals surface area contributed by atoms with Crippen molar-refractivity contribution in [3.05, 3.63) is 11.2 Å². The summed E-state index contributed by atoms with van der Waals surface area (Å²) in [6, 6.07) is 0. The summed E-state index contributed by atoms with van der Waals surface area (Å²) in [6.07, 6.45) is 0.353. The fourth-order valence-electron chi connectivity index (χ4n) is 0.662. The first-order valence-electron chi connectivity index (χ1n) is 3.76. The van der Waals surface area contributed by atoms with Crippen molar-refractivity contribution in [2.75, 3.05) is 12.3 Å². The summed E-state index contributed by atoms with van der Waals surface area (Å²) in [5.74, 6) is -0.147. The molecule has 76 valence electrons. The highest BCUT2D eigenvalue weighted by Crippen LogP contribution is 2.21. The number of anilines is 1. The van der Waals surface area contributed by atoms with E-state index < -0.39 is 6.16 Å². The van der Waals surface area contributed by atoms with Gasteiger partial charge in [0.05, 0.1) is 12.8 Å². The molecule has 1 aromatic rings. The fourth-order valence-corrected chi connectivity index (χ4v) is 0.792. The highest BCUT2D eigenvalue weighted by Gasteiger charge is 2.11. The van der Waals surface area contributed by atoms with Gasteiger partial charge in [-0.3, -0.25) is 0 Å². The second-order valence-corrected chi connectivity index (χ2v) is 2.57. The van der Waals surface area contributed by atoms with Gasteiger partial charge >= 0.3 is 6.16 Å². The molecule has 0 aliphatic heterocycles. The maximum Gasteiger partial charge on any atom is 0.515 e. The maximum atomic E-state index is 10.9. The molecular weight excluding hydrogens is 210 g/mol. The van der Waals surface area contributed by atoms with Crippen LogP contribution in [0.5, 0.6) is 5.88 Å². The Bertz CT molecular complexity index is 345. The van der Waals surface area contributed by atoms with Crippen LogP contribution >= 0.6 is 11.6 Å². The van der Waals surface area contributed by atoms with Crippen LogP contribution in [0.25, 0.3) is 0 Å². The van der Waals surface area contributed by atoms with Gasteiger partial charge in [-0.15, -0.1) is 0 Å². The van der Waals surface area contributed by atoms with Crippen LogP contribution in [0.4, 0.5) is 10.7 Å². The first-order chi connectivity index (χ1) is 6.63. The number of hydrogen-bond donors (Lipinski definition) is 1. The van der Waals surface area contributed by atoms with E-state index in [4.69, 9.17) is 17.3 Å². The summed E-state index contributed by atoms with van der Waals surface area (Å²) < 4.78 is 9.16. The van der Waals surface area contributed by atoms with Gasteiger partial charge in [0, 0.05) is 0 Å². The summed E-state index contributed by atoms with van der Waals surface area (Å²) in [6.45, 7) is 1.86. The molecule has 0 atom stereocenters. The molecule has 0 saturated heterocycles. The van der Waals surface area contributed by atoms with Gasteiger partial charge in [0.1, 0.15) is 5.02 Å². The van der Waals surface area contributed by atoms with E-state index in [1.54, 1.807) is 6.92 Å². The third-order valence-corrected chi connectivity index (χ3v) is 1.43. The number of carbonyl (C=O) groups excluding carboxylic acids is 1. The SMILES string of the molecule is CCOC(=O)Oc1nc(N)ncc1Cl. The van der Waals surface area contributed by atoms with Gasteiger partial charge in [-0.2, -0.15) is 4.98 Å². The van der Waals surface area contributed by atoms with Crippen LogP contribution in [-0.2, 0) is 4.74 Å². The van der Waals surface area contributed by atoms with Gasteiger partial charge in [-0.1, -0.05) is 11.6 Å². The van der Waals surface area contributed by atoms with E-state index in [9.17, 15) is 4.79 Å². The molecule has 0 fully saturated rings. The predicted molar refractivity (Wildman–Crippen MR) is 49.1 cm³/mol. The Morgan fingerprint density at radius 1 is 1.71 bits per heavy atom. The maximum absolute atomic E-state index is 10.9. The molecule has 1 rings (SSSR count). The number of carbonyl (C=O) groups is 1. The first kappa shape index (κ1) is 10.5. The van der Waals surface area contributed by atoms with Crippen molar-refractivity contribution in [3.63, 3.8) is 0 Å². The molecule has 0 aliphatic rings. The van der Waals surface area contributed by atoms with Gasteiger partial charge in [0.15, 0.2) is 0 Å². The topological polar surface area (TPSA) is 87.3 Å². The lowest BCUT2D eigenvalue weighted by molar-refractivity contribution is 0.103. The Balaban J connectivity index is 2.75. The number of hydrogen-bond acceptors (Lipinski definition) is 6. The molecule has 0 aromatic carbocycles. The monoisotopic (exact) mass is 217 g/mol. The number of halogens is 1. The van der Waals surface area contributed by atoms with E-state index in [1.165, 1.54) is 6.20 Å². The number of nitrogens with zero attached hydrogens (tertiary/aromatic N) is 2. The highest BCUT2D eigenvalue weighted by atomic mass is 35.5. The van der Waals surface area contributed by atoms with E-state index in [1.807, 2.05) is 0 Å². The summed E-state index contributed by atoms with van der Waals surface area (Å²) in [4.78, 5) is 18.1. The Kier molecular flexibility index (Phi) is 3.47. The molecule has 0 aliphatic carbocycles. The smallest absolute Gasteiger partial charge is 0.434 e. The first-order valence-corrected chi connectivity index (χ1v) is 4.14. The molecular formula is C7H8ClN3O3. The van der Waals surface area contributed by atoms with Gasteiger partial charge in [-0.05, 0) is 6.92 Å². The molecule has 2 N–H and O–H groups in total. The summed E-state index contributed by atoms with van der Waals surface area (Å²) in [5.41, 5.74) is 5.26. The van der Waals surface area contributed by atoms with Crippen LogP contribution in [0.1, 0.15) is 6.92 Å². The number of aromatic nitrogens is 2. The molecule has 0 radical (unpaired) electrons. The van der Waals surface area contributed by atoms with Crippen LogP contribution in [0.3, 0.4) is 0 Å². The molecule has 0 spiro atoms. The zero-order valence-electron chi connectivity index (χ0n) is 7.36. The Labute approximate surface area is 85.0 Å². The molecule has 0 bridgehead atoms. The average molecular weight is 218 g/mol. The second kappa shape index (κ2) is 4.61. The summed E-state index contributed by atoms with van der Waals surface area (Å²) >= 11 is 5.63. The summed E-state index contributed by atoms with van der Waals surface area (Å²) in [5, 5.41) is 0.0900. The van der Waals surface area contributed by atoms with Crippen molar-refractivity contribution in [3.8, 4) is 5.88 Å². The van der Waals surface area contributed by atoms with E-state index in [2.05, 4.69) is 19.4 Å². The molecule has 0 amide bonds. The van der Waals surface area contributed by atoms with E-state index in [-0.39, 0.29) is 23.5 Å². The van der Waals surface area contributed by atoms with Crippen LogP contribution in [0, 0.1) is 0 Å². The Morgan fingerprint density at radius 3 is 3.07 bits per heavy atom. The lowest BCUT2D eigenvalue weighted by Crippen LogP contribution is -2.12. The summed E-state index contributed by atoms with van der Waals surface area (Å²) in [7, 11) is 0. The van der Waals surface area contributed by atoms with Crippen molar-refractivity contribution in [2.24, 2.45) is 0 Å². The quantitative estimate of drug-likeness (QED) is 0.750. The van der Waals surface area contributed by atoms with Crippen LogP contribution < -0.4 is 10.5 Å². The Hall–Kier alpha value is -1.56. The zero-order valence-corrected chi connectivity index (χ0v) is 8.11. The van der Waals surface area contributed by atoms with Crippen LogP contribution in [0.2, 0.25) is 5.02 Å². The normalized spacial score (nSPS) is 9.57. The predicted octanol–water partition coefficient (Wildman–Crippen LogP) is 1.25. The largest absolute Gasteiger partial charge is 0.515 e. The Morgan fingerprint density at radius 2 is 2.43 bits per heavy atom. The van der Waals surface area contributed by atoms with Crippen molar-refractivity contribution >= 4 is 23.7 Å². The molecule has 1 heterocycles. The van der Waals surface area contributed by atoms with Gasteiger partial charge in [0.25, 0.3) is 0 Å². The number of rotatable bonds is 2. The fraction of sp³-hybridized carbons (Fsp3) is 0.286.